The van der Waals surface area contributed by atoms with Crippen LogP contribution in [0.1, 0.15) is 22.8 Å². The molecule has 0 fully saturated rings. The quantitative estimate of drug-likeness (QED) is 0.346. The van der Waals surface area contributed by atoms with E-state index < -0.39 is 17.8 Å². The number of carbonyl (C=O) groups is 3. The van der Waals surface area contributed by atoms with E-state index in [1.807, 2.05) is 37.3 Å². The van der Waals surface area contributed by atoms with Crippen LogP contribution in [0.2, 0.25) is 0 Å². The lowest BCUT2D eigenvalue weighted by Crippen LogP contribution is -2.33. The Balaban J connectivity index is 1.79. The van der Waals surface area contributed by atoms with Gasteiger partial charge in [-0.15, -0.1) is 0 Å². The first-order valence-corrected chi connectivity index (χ1v) is 11.8. The number of aryl methyl sites for hydroxylation is 1. The molecule has 178 valence electrons. The molecule has 0 radical (unpaired) electrons. The van der Waals surface area contributed by atoms with Crippen molar-refractivity contribution < 1.29 is 23.9 Å². The predicted molar refractivity (Wildman–Crippen MR) is 136 cm³/mol. The number of imide groups is 1. The number of benzene rings is 3. The number of hydrogen-bond acceptors (Lipinski definition) is 7. The number of nitrogens with one attached hydrogen (secondary N) is 1. The molecule has 0 unspecified atom stereocenters. The molecule has 1 aliphatic heterocycles. The minimum absolute atomic E-state index is 0.101. The fraction of sp³-hybridized carbons (Fsp3) is 0.148. The smallest absolute Gasteiger partial charge is 0.340 e. The van der Waals surface area contributed by atoms with Crippen LogP contribution in [0.25, 0.3) is 0 Å². The van der Waals surface area contributed by atoms with E-state index in [0.717, 1.165) is 15.4 Å². The van der Waals surface area contributed by atoms with E-state index >= 15 is 0 Å². The van der Waals surface area contributed by atoms with Crippen molar-refractivity contribution >= 4 is 40.9 Å². The Morgan fingerprint density at radius 3 is 2.34 bits per heavy atom. The van der Waals surface area contributed by atoms with Crippen molar-refractivity contribution in [3.8, 4) is 5.75 Å². The molecule has 1 heterocycles. The molecule has 0 aliphatic carbocycles. The summed E-state index contributed by atoms with van der Waals surface area (Å²) < 4.78 is 10.6. The third kappa shape index (κ3) is 4.93. The van der Waals surface area contributed by atoms with E-state index in [0.29, 0.717) is 11.4 Å². The molecular weight excluding hydrogens is 464 g/mol. The van der Waals surface area contributed by atoms with Gasteiger partial charge in [0.1, 0.15) is 16.4 Å². The van der Waals surface area contributed by atoms with Crippen LogP contribution in [-0.2, 0) is 14.3 Å². The van der Waals surface area contributed by atoms with Gasteiger partial charge in [0.2, 0.25) is 0 Å². The van der Waals surface area contributed by atoms with Gasteiger partial charge in [0, 0.05) is 4.90 Å². The second kappa shape index (κ2) is 10.5. The fourth-order valence-electron chi connectivity index (χ4n) is 3.59. The zero-order chi connectivity index (χ0) is 24.9. The number of nitrogens with zero attached hydrogens (tertiary/aromatic N) is 1. The topological polar surface area (TPSA) is 84.9 Å². The molecule has 3 aromatic carbocycles. The second-order valence-corrected chi connectivity index (χ2v) is 8.71. The van der Waals surface area contributed by atoms with Gasteiger partial charge < -0.3 is 14.8 Å². The van der Waals surface area contributed by atoms with Gasteiger partial charge in [-0.25, -0.2) is 9.69 Å². The first kappa shape index (κ1) is 24.1. The van der Waals surface area contributed by atoms with Crippen LogP contribution in [0.15, 0.2) is 88.3 Å². The number of para-hydroxylation sites is 3. The summed E-state index contributed by atoms with van der Waals surface area (Å²) in [4.78, 5) is 42.0. The van der Waals surface area contributed by atoms with Crippen LogP contribution >= 0.6 is 11.8 Å². The van der Waals surface area contributed by atoms with Gasteiger partial charge in [-0.05, 0) is 50.2 Å². The average molecular weight is 489 g/mol. The molecule has 2 amide bonds. The van der Waals surface area contributed by atoms with Crippen LogP contribution in [0, 0.1) is 6.92 Å². The van der Waals surface area contributed by atoms with Crippen molar-refractivity contribution in [1.82, 2.24) is 0 Å². The van der Waals surface area contributed by atoms with Crippen LogP contribution in [0.3, 0.4) is 0 Å². The Hall–Kier alpha value is -4.04. The molecule has 3 aromatic rings. The maximum Gasteiger partial charge on any atom is 0.340 e. The van der Waals surface area contributed by atoms with Crippen molar-refractivity contribution in [1.29, 1.82) is 0 Å². The molecule has 1 aliphatic rings. The normalized spacial score (nSPS) is 13.3. The van der Waals surface area contributed by atoms with Crippen LogP contribution < -0.4 is 15.0 Å². The van der Waals surface area contributed by atoms with Gasteiger partial charge in [-0.3, -0.25) is 9.59 Å². The van der Waals surface area contributed by atoms with Crippen LogP contribution in [0.4, 0.5) is 11.4 Å². The molecule has 35 heavy (non-hydrogen) atoms. The molecule has 0 bridgehead atoms. The first-order valence-electron chi connectivity index (χ1n) is 11.0. The molecule has 0 spiro atoms. The molecular formula is C27H24N2O5S. The van der Waals surface area contributed by atoms with Crippen molar-refractivity contribution in [3.05, 3.63) is 94.5 Å². The average Bonchev–Trinajstić information content (AvgIpc) is 3.09. The Bertz CT molecular complexity index is 1320. The first-order chi connectivity index (χ1) is 16.9. The summed E-state index contributed by atoms with van der Waals surface area (Å²) in [6, 6.07) is 21.2. The lowest BCUT2D eigenvalue weighted by atomic mass is 10.1. The minimum atomic E-state index is -0.609. The molecule has 0 atom stereocenters. The number of carbonyl (C=O) groups excluding carboxylic acids is 3. The monoisotopic (exact) mass is 488 g/mol. The number of esters is 1. The van der Waals surface area contributed by atoms with Gasteiger partial charge in [-0.1, -0.05) is 53.7 Å². The van der Waals surface area contributed by atoms with Gasteiger partial charge >= 0.3 is 5.97 Å². The van der Waals surface area contributed by atoms with Crippen molar-refractivity contribution in [2.24, 2.45) is 0 Å². The molecule has 4 rings (SSSR count). The minimum Gasteiger partial charge on any atom is -0.495 e. The number of amides is 2. The Morgan fingerprint density at radius 1 is 0.943 bits per heavy atom. The fourth-order valence-corrected chi connectivity index (χ4v) is 4.52. The third-order valence-corrected chi connectivity index (χ3v) is 6.38. The number of hydrogen-bond donors (Lipinski definition) is 1. The summed E-state index contributed by atoms with van der Waals surface area (Å²) in [7, 11) is 1.53. The SMILES string of the molecule is CCOC(=O)c1ccccc1N1C(=O)C(Nc2ccccc2OC)=C(Sc2ccc(C)cc2)C1=O. The van der Waals surface area contributed by atoms with E-state index in [1.54, 1.807) is 43.3 Å². The van der Waals surface area contributed by atoms with Gasteiger partial charge in [-0.2, -0.15) is 0 Å². The summed E-state index contributed by atoms with van der Waals surface area (Å²) in [6.07, 6.45) is 0. The molecule has 1 N–H and O–H groups in total. The van der Waals surface area contributed by atoms with Crippen molar-refractivity contribution in [2.45, 2.75) is 18.7 Å². The number of rotatable bonds is 8. The molecule has 7 nitrogen and oxygen atoms in total. The Labute approximate surface area is 207 Å². The summed E-state index contributed by atoms with van der Waals surface area (Å²) in [5, 5.41) is 3.10. The van der Waals surface area contributed by atoms with E-state index in [2.05, 4.69) is 5.32 Å². The van der Waals surface area contributed by atoms with E-state index in [9.17, 15) is 14.4 Å². The molecule has 8 heteroatoms. The lowest BCUT2D eigenvalue weighted by Gasteiger charge is -2.18. The summed E-state index contributed by atoms with van der Waals surface area (Å²) >= 11 is 1.18. The Kier molecular flexibility index (Phi) is 7.22. The molecule has 0 aromatic heterocycles. The van der Waals surface area contributed by atoms with E-state index in [1.165, 1.54) is 24.9 Å². The summed E-state index contributed by atoms with van der Waals surface area (Å²) in [6.45, 7) is 3.84. The van der Waals surface area contributed by atoms with Gasteiger partial charge in [0.25, 0.3) is 11.8 Å². The highest BCUT2D eigenvalue weighted by molar-refractivity contribution is 8.04. The zero-order valence-corrected chi connectivity index (χ0v) is 20.3. The van der Waals surface area contributed by atoms with Crippen LogP contribution in [0.5, 0.6) is 5.75 Å². The van der Waals surface area contributed by atoms with Gasteiger partial charge in [0.15, 0.2) is 0 Å². The van der Waals surface area contributed by atoms with E-state index in [-0.39, 0.29) is 28.5 Å². The van der Waals surface area contributed by atoms with Crippen LogP contribution in [-0.4, -0.2) is 31.5 Å². The summed E-state index contributed by atoms with van der Waals surface area (Å²) in [5.74, 6) is -1.20. The molecule has 0 saturated heterocycles. The highest BCUT2D eigenvalue weighted by Gasteiger charge is 2.42. The highest BCUT2D eigenvalue weighted by atomic mass is 32.2. The predicted octanol–water partition coefficient (Wildman–Crippen LogP) is 5.17. The van der Waals surface area contributed by atoms with Crippen molar-refractivity contribution in [3.63, 3.8) is 0 Å². The Morgan fingerprint density at radius 2 is 1.63 bits per heavy atom. The summed E-state index contributed by atoms with van der Waals surface area (Å²) in [5.41, 5.74) is 2.01. The maximum atomic E-state index is 13.7. The molecule has 0 saturated carbocycles. The number of thioether (sulfide) groups is 1. The lowest BCUT2D eigenvalue weighted by molar-refractivity contribution is -0.120. The number of anilines is 2. The van der Waals surface area contributed by atoms with E-state index in [4.69, 9.17) is 9.47 Å². The highest BCUT2D eigenvalue weighted by Crippen LogP contribution is 2.39. The third-order valence-electron chi connectivity index (χ3n) is 5.29. The second-order valence-electron chi connectivity index (χ2n) is 7.63. The maximum absolute atomic E-state index is 13.7. The largest absolute Gasteiger partial charge is 0.495 e. The number of methoxy groups -OCH3 is 1. The van der Waals surface area contributed by atoms with Gasteiger partial charge in [0.05, 0.1) is 30.7 Å². The zero-order valence-electron chi connectivity index (χ0n) is 19.5. The standard InChI is InChI=1S/C27H24N2O5S/c1-4-34-27(32)19-9-5-7-11-21(19)29-25(30)23(28-20-10-6-8-12-22(20)33-3)24(26(29)31)35-18-15-13-17(2)14-16-18/h5-16,28H,4H2,1-3H3. The number of ether oxygens (including phenoxy) is 2. The van der Waals surface area contributed by atoms with Crippen molar-refractivity contribution in [2.75, 3.05) is 23.9 Å².